The van der Waals surface area contributed by atoms with Crippen molar-refractivity contribution in [3.63, 3.8) is 0 Å². The van der Waals surface area contributed by atoms with Gasteiger partial charge < -0.3 is 15.1 Å². The molecule has 0 aliphatic carbocycles. The van der Waals surface area contributed by atoms with Crippen molar-refractivity contribution in [2.45, 2.75) is 19.8 Å². The van der Waals surface area contributed by atoms with E-state index in [9.17, 15) is 9.59 Å². The van der Waals surface area contributed by atoms with Gasteiger partial charge in [-0.15, -0.1) is 11.8 Å². The Balaban J connectivity index is 2.58. The van der Waals surface area contributed by atoms with Crippen molar-refractivity contribution in [2.24, 2.45) is 11.8 Å². The molecule has 1 heterocycles. The van der Waals surface area contributed by atoms with Crippen LogP contribution in [0.15, 0.2) is 0 Å². The van der Waals surface area contributed by atoms with Crippen LogP contribution in [0.3, 0.4) is 0 Å². The van der Waals surface area contributed by atoms with Gasteiger partial charge in [-0.1, -0.05) is 0 Å². The van der Waals surface area contributed by atoms with Crippen LogP contribution in [0.25, 0.3) is 0 Å². The first kappa shape index (κ1) is 13.5. The molecule has 2 atom stereocenters. The lowest BCUT2D eigenvalue weighted by atomic mass is 9.85. The van der Waals surface area contributed by atoms with Gasteiger partial charge in [0.2, 0.25) is 0 Å². The molecule has 0 bridgehead atoms. The molecule has 5 nitrogen and oxygen atoms in total. The first-order valence-corrected chi connectivity index (χ1v) is 5.63. The third-order valence-corrected chi connectivity index (χ3v) is 3.06. The molecule has 94 valence electrons. The maximum atomic E-state index is 11.0. The number of carboxylic acids is 2. The van der Waals surface area contributed by atoms with Gasteiger partial charge in [-0.3, -0.25) is 9.59 Å². The van der Waals surface area contributed by atoms with Gasteiger partial charge in [0, 0.05) is 19.5 Å². The molecule has 2 N–H and O–H groups in total. The minimum Gasteiger partial charge on any atom is -0.481 e. The van der Waals surface area contributed by atoms with Gasteiger partial charge in [0.25, 0.3) is 0 Å². The highest BCUT2D eigenvalue weighted by Crippen LogP contribution is 2.24. The van der Waals surface area contributed by atoms with E-state index in [1.54, 1.807) is 6.92 Å². The first-order valence-electron chi connectivity index (χ1n) is 5.63. The van der Waals surface area contributed by atoms with E-state index in [0.717, 1.165) is 0 Å². The molecule has 2 unspecified atom stereocenters. The van der Waals surface area contributed by atoms with Crippen LogP contribution in [0.2, 0.25) is 0 Å². The van der Waals surface area contributed by atoms with Gasteiger partial charge in [-0.2, -0.15) is 0 Å². The molecule has 0 saturated carbocycles. The van der Waals surface area contributed by atoms with Crippen LogP contribution in [0.1, 0.15) is 19.8 Å². The topological polar surface area (TPSA) is 77.8 Å². The van der Waals surface area contributed by atoms with E-state index in [1.807, 2.05) is 4.90 Å². The number of carbonyl (C=O) groups is 2. The zero-order chi connectivity index (χ0) is 12.8. The molecule has 1 aliphatic rings. The fraction of sp³-hybridized carbons (Fsp3) is 0.667. The summed E-state index contributed by atoms with van der Waals surface area (Å²) in [6.45, 7) is 3.40. The summed E-state index contributed by atoms with van der Waals surface area (Å²) in [4.78, 5) is 23.9. The van der Waals surface area contributed by atoms with Crippen LogP contribution in [-0.4, -0.2) is 46.7 Å². The minimum atomic E-state index is -1.02. The SMILES string of the molecule is CC#CCCN1CCC(C(=O)O)C(C(=O)O)C1. The Labute approximate surface area is 100 Å². The summed E-state index contributed by atoms with van der Waals surface area (Å²) >= 11 is 0. The molecule has 0 aromatic carbocycles. The van der Waals surface area contributed by atoms with Gasteiger partial charge in [-0.25, -0.2) is 0 Å². The summed E-state index contributed by atoms with van der Waals surface area (Å²) in [6.07, 6.45) is 1.09. The van der Waals surface area contributed by atoms with Crippen LogP contribution in [-0.2, 0) is 9.59 Å². The summed E-state index contributed by atoms with van der Waals surface area (Å²) in [5, 5.41) is 18.0. The Kier molecular flexibility index (Phi) is 4.98. The lowest BCUT2D eigenvalue weighted by Gasteiger charge is -2.34. The Morgan fingerprint density at radius 2 is 1.94 bits per heavy atom. The monoisotopic (exact) mass is 239 g/mol. The maximum Gasteiger partial charge on any atom is 0.308 e. The largest absolute Gasteiger partial charge is 0.481 e. The summed E-state index contributed by atoms with van der Waals surface area (Å²) in [7, 11) is 0. The number of likely N-dealkylation sites (tertiary alicyclic amines) is 1. The highest BCUT2D eigenvalue weighted by molar-refractivity contribution is 5.80. The smallest absolute Gasteiger partial charge is 0.308 e. The van der Waals surface area contributed by atoms with Gasteiger partial charge in [-0.05, 0) is 19.9 Å². The molecular weight excluding hydrogens is 222 g/mol. The van der Waals surface area contributed by atoms with Crippen molar-refractivity contribution in [2.75, 3.05) is 19.6 Å². The van der Waals surface area contributed by atoms with E-state index in [1.165, 1.54) is 0 Å². The summed E-state index contributed by atoms with van der Waals surface area (Å²) in [5.41, 5.74) is 0. The van der Waals surface area contributed by atoms with Crippen LogP contribution in [0.5, 0.6) is 0 Å². The summed E-state index contributed by atoms with van der Waals surface area (Å²) in [6, 6.07) is 0. The normalized spacial score (nSPS) is 24.8. The fourth-order valence-electron chi connectivity index (χ4n) is 2.11. The minimum absolute atomic E-state index is 0.303. The first-order chi connectivity index (χ1) is 8.06. The lowest BCUT2D eigenvalue weighted by Crippen LogP contribution is -2.46. The molecule has 0 amide bonds. The van der Waals surface area contributed by atoms with E-state index < -0.39 is 23.8 Å². The maximum absolute atomic E-state index is 11.0. The van der Waals surface area contributed by atoms with E-state index in [0.29, 0.717) is 32.5 Å². The quantitative estimate of drug-likeness (QED) is 0.699. The van der Waals surface area contributed by atoms with Crippen molar-refractivity contribution >= 4 is 11.9 Å². The number of carboxylic acid groups (broad SMARTS) is 2. The number of rotatable bonds is 4. The molecule has 1 rings (SSSR count). The van der Waals surface area contributed by atoms with Crippen molar-refractivity contribution < 1.29 is 19.8 Å². The van der Waals surface area contributed by atoms with Crippen LogP contribution in [0, 0.1) is 23.7 Å². The van der Waals surface area contributed by atoms with Crippen LogP contribution in [0.4, 0.5) is 0 Å². The van der Waals surface area contributed by atoms with E-state index >= 15 is 0 Å². The molecule has 1 aliphatic heterocycles. The Hall–Kier alpha value is -1.54. The third kappa shape index (κ3) is 3.75. The van der Waals surface area contributed by atoms with Crippen LogP contribution >= 0.6 is 0 Å². The average molecular weight is 239 g/mol. The second kappa shape index (κ2) is 6.26. The number of aliphatic carboxylic acids is 2. The van der Waals surface area contributed by atoms with Crippen molar-refractivity contribution in [3.8, 4) is 11.8 Å². The fourth-order valence-corrected chi connectivity index (χ4v) is 2.11. The molecule has 0 spiro atoms. The number of nitrogens with zero attached hydrogens (tertiary/aromatic N) is 1. The molecule has 1 fully saturated rings. The Bertz CT molecular complexity index is 355. The molecule has 1 saturated heterocycles. The molecule has 17 heavy (non-hydrogen) atoms. The van der Waals surface area contributed by atoms with Crippen LogP contribution < -0.4 is 0 Å². The number of hydrogen-bond acceptors (Lipinski definition) is 3. The average Bonchev–Trinajstić information content (AvgIpc) is 2.29. The number of piperidine rings is 1. The van der Waals surface area contributed by atoms with E-state index in [-0.39, 0.29) is 0 Å². The van der Waals surface area contributed by atoms with Crippen molar-refractivity contribution in [1.82, 2.24) is 4.90 Å². The van der Waals surface area contributed by atoms with E-state index in [4.69, 9.17) is 10.2 Å². The van der Waals surface area contributed by atoms with Crippen molar-refractivity contribution in [1.29, 1.82) is 0 Å². The Morgan fingerprint density at radius 1 is 1.29 bits per heavy atom. The number of hydrogen-bond donors (Lipinski definition) is 2. The van der Waals surface area contributed by atoms with Gasteiger partial charge in [0.05, 0.1) is 11.8 Å². The summed E-state index contributed by atoms with van der Waals surface area (Å²) in [5.74, 6) is 2.09. The molecule has 0 aromatic rings. The second-order valence-corrected chi connectivity index (χ2v) is 4.16. The molecule has 5 heteroatoms. The molecule has 0 radical (unpaired) electrons. The Morgan fingerprint density at radius 3 is 2.47 bits per heavy atom. The van der Waals surface area contributed by atoms with Gasteiger partial charge in [0.1, 0.15) is 0 Å². The predicted octanol–water partition coefficient (Wildman–Crippen LogP) is 0.507. The second-order valence-electron chi connectivity index (χ2n) is 4.16. The van der Waals surface area contributed by atoms with E-state index in [2.05, 4.69) is 11.8 Å². The summed E-state index contributed by atoms with van der Waals surface area (Å²) < 4.78 is 0. The molecular formula is C12H17NO4. The third-order valence-electron chi connectivity index (χ3n) is 3.06. The standard InChI is InChI=1S/C12H17NO4/c1-2-3-4-6-13-7-5-9(11(14)15)10(8-13)12(16)17/h9-10H,4-8H2,1H3,(H,14,15)(H,16,17). The highest BCUT2D eigenvalue weighted by Gasteiger charge is 2.38. The highest BCUT2D eigenvalue weighted by atomic mass is 16.4. The van der Waals surface area contributed by atoms with Crippen molar-refractivity contribution in [3.05, 3.63) is 0 Å². The zero-order valence-electron chi connectivity index (χ0n) is 9.85. The zero-order valence-corrected chi connectivity index (χ0v) is 9.85. The molecule has 0 aromatic heterocycles. The predicted molar refractivity (Wildman–Crippen MR) is 61.4 cm³/mol. The van der Waals surface area contributed by atoms with Gasteiger partial charge in [0.15, 0.2) is 0 Å². The lowest BCUT2D eigenvalue weighted by molar-refractivity contribution is -0.157. The van der Waals surface area contributed by atoms with Gasteiger partial charge >= 0.3 is 11.9 Å².